The number of carboxylic acids is 1. The first-order chi connectivity index (χ1) is 14.3. The molecule has 0 saturated carbocycles. The summed E-state index contributed by atoms with van der Waals surface area (Å²) >= 11 is 1.38. The first-order valence-electron chi connectivity index (χ1n) is 9.50. The largest absolute Gasteiger partial charge is 0.503 e. The minimum Gasteiger partial charge on any atom is -0.503 e. The van der Waals surface area contributed by atoms with Crippen LogP contribution in [0.1, 0.15) is 34.3 Å². The molecule has 0 aliphatic carbocycles. The summed E-state index contributed by atoms with van der Waals surface area (Å²) in [6, 6.07) is 2.68. The Labute approximate surface area is 177 Å². The second-order valence-electron chi connectivity index (χ2n) is 7.08. The van der Waals surface area contributed by atoms with Gasteiger partial charge in [-0.05, 0) is 12.5 Å². The molecule has 0 unspecified atom stereocenters. The summed E-state index contributed by atoms with van der Waals surface area (Å²) in [6.45, 7) is 0.353. The van der Waals surface area contributed by atoms with Crippen molar-refractivity contribution >= 4 is 28.9 Å². The zero-order valence-electron chi connectivity index (χ0n) is 16.7. The zero-order chi connectivity index (χ0) is 21.8. The number of phenolic OH excluding ortho intramolecular Hbond substituents is 1. The normalized spacial score (nSPS) is 18.6. The van der Waals surface area contributed by atoms with Crippen molar-refractivity contribution in [3.63, 3.8) is 0 Å². The summed E-state index contributed by atoms with van der Waals surface area (Å²) in [6.07, 6.45) is 2.22. The van der Waals surface area contributed by atoms with Gasteiger partial charge in [-0.3, -0.25) is 9.59 Å². The van der Waals surface area contributed by atoms with Gasteiger partial charge in [-0.25, -0.2) is 9.37 Å². The van der Waals surface area contributed by atoms with Gasteiger partial charge in [0.15, 0.2) is 11.6 Å². The van der Waals surface area contributed by atoms with Crippen molar-refractivity contribution in [2.45, 2.75) is 37.8 Å². The fourth-order valence-electron chi connectivity index (χ4n) is 3.51. The number of carbonyl (C=O) groups excluding carboxylic acids is 1. The minimum atomic E-state index is -0.878. The molecule has 2 atom stereocenters. The lowest BCUT2D eigenvalue weighted by molar-refractivity contribution is -0.137. The first kappa shape index (κ1) is 22.0. The molecule has 8 nitrogen and oxygen atoms in total. The Morgan fingerprint density at radius 2 is 2.20 bits per heavy atom. The molecule has 2 aromatic rings. The van der Waals surface area contributed by atoms with Crippen LogP contribution in [0, 0.1) is 5.82 Å². The van der Waals surface area contributed by atoms with Crippen LogP contribution in [-0.4, -0.2) is 58.8 Å². The third-order valence-electron chi connectivity index (χ3n) is 5.17. The van der Waals surface area contributed by atoms with Crippen molar-refractivity contribution in [2.75, 3.05) is 26.0 Å². The van der Waals surface area contributed by atoms with E-state index in [9.17, 15) is 19.1 Å². The Balaban J connectivity index is 1.78. The number of methoxy groups -OCH3 is 1. The highest BCUT2D eigenvalue weighted by Crippen LogP contribution is 2.37. The molecule has 1 aliphatic heterocycles. The number of nitrogens with one attached hydrogen (secondary N) is 1. The molecule has 0 radical (unpaired) electrons. The molecule has 1 fully saturated rings. The van der Waals surface area contributed by atoms with Crippen LogP contribution >= 0.6 is 11.3 Å². The number of benzene rings is 1. The van der Waals surface area contributed by atoms with Crippen LogP contribution in [0.3, 0.4) is 0 Å². The van der Waals surface area contributed by atoms with Gasteiger partial charge < -0.3 is 25.2 Å². The van der Waals surface area contributed by atoms with Gasteiger partial charge in [0, 0.05) is 43.8 Å². The van der Waals surface area contributed by atoms with Crippen LogP contribution in [0.15, 0.2) is 18.3 Å². The van der Waals surface area contributed by atoms with Gasteiger partial charge in [-0.2, -0.15) is 0 Å². The molecule has 0 spiro atoms. The molecule has 3 N–H and O–H groups in total. The molecule has 1 aliphatic rings. The van der Waals surface area contributed by atoms with Crippen LogP contribution in [0.25, 0.3) is 0 Å². The number of amides is 1. The van der Waals surface area contributed by atoms with E-state index in [1.165, 1.54) is 23.5 Å². The second kappa shape index (κ2) is 9.40. The average Bonchev–Trinajstić information content (AvgIpc) is 3.36. The van der Waals surface area contributed by atoms with Gasteiger partial charge in [0.25, 0.3) is 0 Å². The van der Waals surface area contributed by atoms with Crippen LogP contribution in [0.4, 0.5) is 10.1 Å². The molecule has 2 heterocycles. The maximum absolute atomic E-state index is 14.5. The molecule has 0 bridgehead atoms. The van der Waals surface area contributed by atoms with Crippen molar-refractivity contribution < 1.29 is 28.9 Å². The number of carbonyl (C=O) groups is 2. The number of rotatable bonds is 8. The molecule has 30 heavy (non-hydrogen) atoms. The summed E-state index contributed by atoms with van der Waals surface area (Å²) in [5, 5.41) is 22.2. The molecule has 3 rings (SSSR count). The zero-order valence-corrected chi connectivity index (χ0v) is 17.5. The maximum Gasteiger partial charge on any atom is 0.303 e. The van der Waals surface area contributed by atoms with Gasteiger partial charge in [-0.1, -0.05) is 6.07 Å². The number of aromatic hydroxyl groups is 1. The van der Waals surface area contributed by atoms with E-state index >= 15 is 0 Å². The summed E-state index contributed by atoms with van der Waals surface area (Å²) in [7, 11) is 3.14. The highest BCUT2D eigenvalue weighted by atomic mass is 32.1. The number of likely N-dealkylation sites (tertiary alicyclic amines) is 1. The van der Waals surface area contributed by atoms with Crippen LogP contribution < -0.4 is 5.32 Å². The fourth-order valence-corrected chi connectivity index (χ4v) is 4.55. The Bertz CT molecular complexity index is 935. The Kier molecular flexibility index (Phi) is 6.88. The fraction of sp³-hybridized carbons (Fsp3) is 0.450. The highest BCUT2D eigenvalue weighted by molar-refractivity contribution is 7.11. The average molecular weight is 437 g/mol. The monoisotopic (exact) mass is 437 g/mol. The number of aryl methyl sites for hydroxylation is 1. The van der Waals surface area contributed by atoms with Crippen molar-refractivity contribution in [2.24, 2.45) is 0 Å². The maximum atomic E-state index is 14.5. The van der Waals surface area contributed by atoms with Crippen LogP contribution in [0.5, 0.6) is 5.75 Å². The van der Waals surface area contributed by atoms with E-state index in [0.29, 0.717) is 24.4 Å². The Morgan fingerprint density at radius 3 is 2.87 bits per heavy atom. The SMILES string of the molecule is CNc1ccc(CC(=O)N2C[C@@H](OC)C[C@H]2c2ncc(CCC(=O)O)s2)c(F)c1O. The lowest BCUT2D eigenvalue weighted by atomic mass is 10.1. The third-order valence-corrected chi connectivity index (χ3v) is 6.32. The molecule has 10 heteroatoms. The van der Waals surface area contributed by atoms with Crippen LogP contribution in [0.2, 0.25) is 0 Å². The standard InChI is InChI=1S/C20H24FN3O5S/c1-22-14-5-3-11(18(21)19(14)28)7-16(25)24-10-12(29-2)8-15(24)20-23-9-13(30-20)4-6-17(26)27/h3,5,9,12,15,22,28H,4,6-8,10H2,1-2H3,(H,26,27)/t12-,15-/m0/s1. The Hall–Kier alpha value is -2.72. The van der Waals surface area contributed by atoms with E-state index in [0.717, 1.165) is 4.88 Å². The lowest BCUT2D eigenvalue weighted by Crippen LogP contribution is -2.33. The van der Waals surface area contributed by atoms with E-state index in [-0.39, 0.29) is 42.1 Å². The number of aromatic nitrogens is 1. The van der Waals surface area contributed by atoms with Gasteiger partial charge in [-0.15, -0.1) is 11.3 Å². The van der Waals surface area contributed by atoms with E-state index in [1.54, 1.807) is 25.3 Å². The Morgan fingerprint density at radius 1 is 1.43 bits per heavy atom. The van der Waals surface area contributed by atoms with E-state index in [4.69, 9.17) is 9.84 Å². The van der Waals surface area contributed by atoms with Crippen LogP contribution in [-0.2, 0) is 27.2 Å². The molecular formula is C20H24FN3O5S. The predicted octanol–water partition coefficient (Wildman–Crippen LogP) is 2.58. The van der Waals surface area contributed by atoms with Gasteiger partial charge in [0.1, 0.15) is 5.01 Å². The molecule has 1 aromatic carbocycles. The summed E-state index contributed by atoms with van der Waals surface area (Å²) in [5.74, 6) is -2.51. The molecule has 1 amide bonds. The van der Waals surface area contributed by atoms with E-state index in [2.05, 4.69) is 10.3 Å². The lowest BCUT2D eigenvalue weighted by Gasteiger charge is -2.23. The van der Waals surface area contributed by atoms with Crippen molar-refractivity contribution in [3.05, 3.63) is 39.6 Å². The summed E-state index contributed by atoms with van der Waals surface area (Å²) < 4.78 is 19.9. The quantitative estimate of drug-likeness (QED) is 0.544. The summed E-state index contributed by atoms with van der Waals surface area (Å²) in [5.41, 5.74) is 0.358. The van der Waals surface area contributed by atoms with E-state index in [1.807, 2.05) is 0 Å². The molecule has 162 valence electrons. The highest BCUT2D eigenvalue weighted by Gasteiger charge is 2.38. The number of ether oxygens (including phenoxy) is 1. The number of halogens is 1. The number of aliphatic carboxylic acids is 1. The van der Waals surface area contributed by atoms with Crippen molar-refractivity contribution in [3.8, 4) is 5.75 Å². The number of hydrogen-bond acceptors (Lipinski definition) is 7. The molecule has 1 aromatic heterocycles. The number of phenols is 1. The molecular weight excluding hydrogens is 413 g/mol. The minimum absolute atomic E-state index is 0.0149. The number of thiazole rings is 1. The first-order valence-corrected chi connectivity index (χ1v) is 10.3. The van der Waals surface area contributed by atoms with Gasteiger partial charge in [0.05, 0.1) is 30.7 Å². The smallest absolute Gasteiger partial charge is 0.303 e. The van der Waals surface area contributed by atoms with E-state index < -0.39 is 17.5 Å². The topological polar surface area (TPSA) is 112 Å². The van der Waals surface area contributed by atoms with Gasteiger partial charge in [0.2, 0.25) is 5.91 Å². The number of anilines is 1. The second-order valence-corrected chi connectivity index (χ2v) is 8.22. The number of nitrogens with zero attached hydrogens (tertiary/aromatic N) is 2. The number of carboxylic acid groups (broad SMARTS) is 1. The predicted molar refractivity (Wildman–Crippen MR) is 109 cm³/mol. The van der Waals surface area contributed by atoms with Gasteiger partial charge >= 0.3 is 5.97 Å². The third kappa shape index (κ3) is 4.71. The van der Waals surface area contributed by atoms with Crippen molar-refractivity contribution in [1.82, 2.24) is 9.88 Å². The number of hydrogen-bond donors (Lipinski definition) is 3. The van der Waals surface area contributed by atoms with Crippen molar-refractivity contribution in [1.29, 1.82) is 0 Å². The molecule has 1 saturated heterocycles. The summed E-state index contributed by atoms with van der Waals surface area (Å²) in [4.78, 5) is 30.6.